The van der Waals surface area contributed by atoms with Gasteiger partial charge in [-0.05, 0) is 17.7 Å². The van der Waals surface area contributed by atoms with Crippen molar-refractivity contribution >= 4 is 39.5 Å². The normalized spacial score (nSPS) is 19.4. The maximum Gasteiger partial charge on any atom is 0.260 e. The molecule has 3 heterocycles. The molecule has 0 saturated carbocycles. The van der Waals surface area contributed by atoms with Crippen molar-refractivity contribution in [1.82, 2.24) is 5.32 Å². The van der Waals surface area contributed by atoms with Crippen molar-refractivity contribution in [2.75, 3.05) is 37.7 Å². The predicted octanol–water partition coefficient (Wildman–Crippen LogP) is 3.94. The Labute approximate surface area is 163 Å². The van der Waals surface area contributed by atoms with Gasteiger partial charge in [0.1, 0.15) is 11.6 Å². The molecule has 9 heteroatoms. The third-order valence-electron chi connectivity index (χ3n) is 4.72. The van der Waals surface area contributed by atoms with Gasteiger partial charge in [-0.15, -0.1) is 11.3 Å². The zero-order chi connectivity index (χ0) is 19.1. The van der Waals surface area contributed by atoms with Crippen LogP contribution in [0.3, 0.4) is 0 Å². The minimum absolute atomic E-state index is 0.0170. The van der Waals surface area contributed by atoms with Crippen LogP contribution in [-0.4, -0.2) is 38.8 Å². The van der Waals surface area contributed by atoms with E-state index in [0.29, 0.717) is 41.7 Å². The molecule has 0 aliphatic carbocycles. The molecule has 1 saturated heterocycles. The number of amides is 1. The Kier molecular flexibility index (Phi) is 4.76. The highest BCUT2D eigenvalue weighted by atomic mass is 35.5. The highest BCUT2D eigenvalue weighted by Crippen LogP contribution is 2.50. The number of rotatable bonds is 2. The van der Waals surface area contributed by atoms with Gasteiger partial charge in [-0.25, -0.2) is 13.6 Å². The number of nitrogens with one attached hydrogen (secondary N) is 1. The second-order valence-corrected chi connectivity index (χ2v) is 7.69. The minimum Gasteiger partial charge on any atom is -0.378 e. The lowest BCUT2D eigenvalue weighted by molar-refractivity contribution is 0.0947. The van der Waals surface area contributed by atoms with Crippen molar-refractivity contribution in [3.8, 4) is 0 Å². The average Bonchev–Trinajstić information content (AvgIpc) is 3.04. The molecule has 1 unspecified atom stereocenters. The summed E-state index contributed by atoms with van der Waals surface area (Å²) >= 11 is 6.92. The van der Waals surface area contributed by atoms with Crippen LogP contribution < -0.4 is 10.2 Å². The lowest BCUT2D eigenvalue weighted by Gasteiger charge is -2.28. The van der Waals surface area contributed by atoms with E-state index < -0.39 is 17.6 Å². The van der Waals surface area contributed by atoms with Crippen LogP contribution in [0.25, 0.3) is 4.85 Å². The SMILES string of the molecule is [C-]#[N+]c1c(N2CCOCC2)sc2c1C(c1c(F)cc(Cl)cc1F)CNC2=O. The molecule has 1 amide bonds. The van der Waals surface area contributed by atoms with E-state index in [0.717, 1.165) is 12.1 Å². The Morgan fingerprint density at radius 2 is 1.93 bits per heavy atom. The Morgan fingerprint density at radius 3 is 2.56 bits per heavy atom. The van der Waals surface area contributed by atoms with Crippen LogP contribution in [0, 0.1) is 18.2 Å². The molecule has 1 aromatic heterocycles. The monoisotopic (exact) mass is 409 g/mol. The molecule has 1 fully saturated rings. The van der Waals surface area contributed by atoms with Gasteiger partial charge in [0.05, 0.1) is 29.7 Å². The van der Waals surface area contributed by atoms with Crippen molar-refractivity contribution in [2.45, 2.75) is 5.92 Å². The molecule has 27 heavy (non-hydrogen) atoms. The summed E-state index contributed by atoms with van der Waals surface area (Å²) in [5, 5.41) is 3.29. The average molecular weight is 410 g/mol. The van der Waals surface area contributed by atoms with Crippen molar-refractivity contribution in [2.24, 2.45) is 0 Å². The first kappa shape index (κ1) is 18.2. The number of fused-ring (bicyclic) bond motifs is 1. The lowest BCUT2D eigenvalue weighted by atomic mass is 9.87. The van der Waals surface area contributed by atoms with Gasteiger partial charge in [0.15, 0.2) is 0 Å². The summed E-state index contributed by atoms with van der Waals surface area (Å²) in [5.74, 6) is -2.69. The zero-order valence-corrected chi connectivity index (χ0v) is 15.6. The van der Waals surface area contributed by atoms with Crippen LogP contribution in [0.5, 0.6) is 0 Å². The van der Waals surface area contributed by atoms with Gasteiger partial charge < -0.3 is 15.0 Å². The van der Waals surface area contributed by atoms with Gasteiger partial charge in [0.2, 0.25) is 5.69 Å². The van der Waals surface area contributed by atoms with Crippen LogP contribution in [0.1, 0.15) is 26.7 Å². The summed E-state index contributed by atoms with van der Waals surface area (Å²) in [6.07, 6.45) is 0. The molecule has 5 nitrogen and oxygen atoms in total. The third-order valence-corrected chi connectivity index (χ3v) is 6.20. The molecule has 1 N–H and O–H groups in total. The summed E-state index contributed by atoms with van der Waals surface area (Å²) in [6, 6.07) is 2.09. The summed E-state index contributed by atoms with van der Waals surface area (Å²) < 4.78 is 34.4. The summed E-state index contributed by atoms with van der Waals surface area (Å²) in [7, 11) is 0. The van der Waals surface area contributed by atoms with Crippen molar-refractivity contribution < 1.29 is 18.3 Å². The molecule has 140 valence electrons. The molecule has 1 atom stereocenters. The first-order valence-corrected chi connectivity index (χ1v) is 9.50. The predicted molar refractivity (Wildman–Crippen MR) is 99.2 cm³/mol. The van der Waals surface area contributed by atoms with Crippen molar-refractivity contribution in [3.63, 3.8) is 0 Å². The number of thiophene rings is 1. The van der Waals surface area contributed by atoms with E-state index in [1.807, 2.05) is 4.90 Å². The van der Waals surface area contributed by atoms with Crippen LogP contribution in [0.2, 0.25) is 5.02 Å². The molecule has 0 bridgehead atoms. The van der Waals surface area contributed by atoms with E-state index in [1.165, 1.54) is 11.3 Å². The van der Waals surface area contributed by atoms with Crippen LogP contribution >= 0.6 is 22.9 Å². The van der Waals surface area contributed by atoms with Crippen LogP contribution in [0.15, 0.2) is 12.1 Å². The van der Waals surface area contributed by atoms with E-state index in [9.17, 15) is 13.6 Å². The van der Waals surface area contributed by atoms with Crippen molar-refractivity contribution in [1.29, 1.82) is 0 Å². The Morgan fingerprint density at radius 1 is 1.26 bits per heavy atom. The largest absolute Gasteiger partial charge is 0.378 e. The fourth-order valence-electron chi connectivity index (χ4n) is 3.51. The maximum atomic E-state index is 14.5. The van der Waals surface area contributed by atoms with Gasteiger partial charge in [0.25, 0.3) is 5.91 Å². The van der Waals surface area contributed by atoms with Crippen molar-refractivity contribution in [3.05, 3.63) is 56.2 Å². The smallest absolute Gasteiger partial charge is 0.260 e. The van der Waals surface area contributed by atoms with Gasteiger partial charge in [-0.3, -0.25) is 4.79 Å². The minimum atomic E-state index is -0.790. The maximum absolute atomic E-state index is 14.5. The highest BCUT2D eigenvalue weighted by Gasteiger charge is 2.37. The molecule has 0 spiro atoms. The lowest BCUT2D eigenvalue weighted by Crippen LogP contribution is -2.35. The standard InChI is InChI=1S/C18H14ClF2N3O2S/c1-22-15-14-10(13-11(20)6-9(19)7-12(13)21)8-23-17(25)16(14)27-18(15)24-2-4-26-5-3-24/h6-7,10H,2-5,8H2,(H,23,25). The molecular weight excluding hydrogens is 396 g/mol. The first-order chi connectivity index (χ1) is 13.0. The summed E-state index contributed by atoms with van der Waals surface area (Å²) in [4.78, 5) is 18.3. The van der Waals surface area contributed by atoms with Crippen LogP contribution in [-0.2, 0) is 4.74 Å². The quantitative estimate of drug-likeness (QED) is 0.764. The number of carbonyl (C=O) groups excluding carboxylic acids is 1. The number of hydrogen-bond donors (Lipinski definition) is 1. The van der Waals surface area contributed by atoms with Gasteiger partial charge >= 0.3 is 0 Å². The molecule has 2 aromatic rings. The third kappa shape index (κ3) is 3.06. The number of halogens is 3. The van der Waals surface area contributed by atoms with Crippen LogP contribution in [0.4, 0.5) is 19.5 Å². The molecule has 1 aromatic carbocycles. The molecule has 2 aliphatic heterocycles. The summed E-state index contributed by atoms with van der Waals surface area (Å²) in [6.45, 7) is 9.91. The Bertz CT molecular complexity index is 943. The van der Waals surface area contributed by atoms with E-state index in [-0.39, 0.29) is 28.7 Å². The molecule has 0 radical (unpaired) electrons. The summed E-state index contributed by atoms with van der Waals surface area (Å²) in [5.41, 5.74) is 0.489. The number of carbonyl (C=O) groups is 1. The first-order valence-electron chi connectivity index (χ1n) is 8.30. The Balaban J connectivity index is 1.89. The highest BCUT2D eigenvalue weighted by molar-refractivity contribution is 7.19. The van der Waals surface area contributed by atoms with Gasteiger partial charge in [-0.1, -0.05) is 11.6 Å². The number of anilines is 1. The van der Waals surface area contributed by atoms with E-state index in [4.69, 9.17) is 22.9 Å². The number of hydrogen-bond acceptors (Lipinski definition) is 4. The zero-order valence-electron chi connectivity index (χ0n) is 14.0. The number of benzene rings is 1. The molecule has 2 aliphatic rings. The molecular formula is C18H14ClF2N3O2S. The number of morpholine rings is 1. The number of ether oxygens (including phenoxy) is 1. The second-order valence-electron chi connectivity index (χ2n) is 6.26. The van der Waals surface area contributed by atoms with E-state index in [1.54, 1.807) is 0 Å². The van der Waals surface area contributed by atoms with E-state index in [2.05, 4.69) is 10.2 Å². The van der Waals surface area contributed by atoms with Gasteiger partial charge in [0, 0.05) is 36.1 Å². The fourth-order valence-corrected chi connectivity index (χ4v) is 4.98. The van der Waals surface area contributed by atoms with Gasteiger partial charge in [-0.2, -0.15) is 0 Å². The Hall–Kier alpha value is -2.21. The number of nitrogens with zero attached hydrogens (tertiary/aromatic N) is 2. The second kappa shape index (κ2) is 7.08. The van der Waals surface area contributed by atoms with E-state index >= 15 is 0 Å². The fraction of sp³-hybridized carbons (Fsp3) is 0.333. The topological polar surface area (TPSA) is 45.9 Å². The molecule has 4 rings (SSSR count).